The van der Waals surface area contributed by atoms with Crippen LogP contribution in [0.5, 0.6) is 17.2 Å². The van der Waals surface area contributed by atoms with E-state index in [0.717, 1.165) is 0 Å². The first-order chi connectivity index (χ1) is 10.2. The number of amides is 1. The van der Waals surface area contributed by atoms with Crippen molar-refractivity contribution in [3.8, 4) is 17.2 Å². The van der Waals surface area contributed by atoms with Crippen molar-refractivity contribution in [1.29, 1.82) is 0 Å². The third-order valence-electron chi connectivity index (χ3n) is 2.73. The summed E-state index contributed by atoms with van der Waals surface area (Å²) in [5.41, 5.74) is 8.50. The second kappa shape index (κ2) is 8.55. The number of azide groups is 1. The lowest BCUT2D eigenvalue weighted by Gasteiger charge is -2.15. The van der Waals surface area contributed by atoms with Gasteiger partial charge in [-0.15, -0.1) is 0 Å². The first-order valence-electron chi connectivity index (χ1n) is 6.27. The second-order valence-electron chi connectivity index (χ2n) is 3.95. The van der Waals surface area contributed by atoms with Crippen LogP contribution in [-0.2, 0) is 0 Å². The van der Waals surface area contributed by atoms with Gasteiger partial charge in [0, 0.05) is 18.0 Å². The van der Waals surface area contributed by atoms with Gasteiger partial charge in [0.05, 0.1) is 26.9 Å². The lowest BCUT2D eigenvalue weighted by atomic mass is 10.1. The van der Waals surface area contributed by atoms with E-state index >= 15 is 0 Å². The molecule has 8 heteroatoms. The molecule has 1 aromatic carbocycles. The maximum Gasteiger partial charge on any atom is 0.255 e. The number of ether oxygens (including phenoxy) is 3. The van der Waals surface area contributed by atoms with Crippen molar-refractivity contribution in [2.75, 3.05) is 34.4 Å². The van der Waals surface area contributed by atoms with Gasteiger partial charge >= 0.3 is 0 Å². The van der Waals surface area contributed by atoms with Crippen molar-refractivity contribution in [3.63, 3.8) is 0 Å². The molecule has 8 nitrogen and oxygen atoms in total. The molecule has 21 heavy (non-hydrogen) atoms. The summed E-state index contributed by atoms with van der Waals surface area (Å²) in [6.45, 7) is 0.731. The first-order valence-corrected chi connectivity index (χ1v) is 6.27. The Hall–Kier alpha value is -2.60. The maximum absolute atomic E-state index is 12.1. The van der Waals surface area contributed by atoms with Crippen LogP contribution < -0.4 is 19.5 Å². The Morgan fingerprint density at radius 2 is 1.95 bits per heavy atom. The quantitative estimate of drug-likeness (QED) is 0.343. The van der Waals surface area contributed by atoms with Crippen LogP contribution in [-0.4, -0.2) is 40.3 Å². The number of nitrogens with one attached hydrogen (secondary N) is 1. The lowest BCUT2D eigenvalue weighted by Crippen LogP contribution is -2.25. The van der Waals surface area contributed by atoms with Crippen LogP contribution in [0.2, 0.25) is 0 Å². The number of hydrogen-bond acceptors (Lipinski definition) is 5. The third kappa shape index (κ3) is 4.19. The number of carbonyl (C=O) groups excluding carboxylic acids is 1. The summed E-state index contributed by atoms with van der Waals surface area (Å²) in [6, 6.07) is 3.24. The third-order valence-corrected chi connectivity index (χ3v) is 2.73. The van der Waals surface area contributed by atoms with Crippen molar-refractivity contribution < 1.29 is 19.0 Å². The number of rotatable bonds is 8. The van der Waals surface area contributed by atoms with Crippen LogP contribution >= 0.6 is 0 Å². The van der Waals surface area contributed by atoms with Crippen molar-refractivity contribution in [2.45, 2.75) is 6.42 Å². The number of carbonyl (C=O) groups is 1. The van der Waals surface area contributed by atoms with E-state index in [1.165, 1.54) is 21.3 Å². The molecule has 0 unspecified atom stereocenters. The summed E-state index contributed by atoms with van der Waals surface area (Å²) in [5.74, 6) is 0.856. The Bertz CT molecular complexity index is 541. The average molecular weight is 294 g/mol. The van der Waals surface area contributed by atoms with Crippen LogP contribution in [0.15, 0.2) is 17.2 Å². The minimum Gasteiger partial charge on any atom is -0.493 e. The van der Waals surface area contributed by atoms with Crippen LogP contribution in [0.1, 0.15) is 16.8 Å². The summed E-state index contributed by atoms with van der Waals surface area (Å²) in [6.07, 6.45) is 0.561. The van der Waals surface area contributed by atoms with E-state index in [2.05, 4.69) is 15.3 Å². The highest BCUT2D eigenvalue weighted by atomic mass is 16.5. The SMILES string of the molecule is COc1ccc(C(=O)NCCCN=[N+]=[N-])c(OC)c1OC. The van der Waals surface area contributed by atoms with Gasteiger partial charge in [0.2, 0.25) is 5.75 Å². The molecule has 0 bridgehead atoms. The molecule has 0 fully saturated rings. The van der Waals surface area contributed by atoms with Crippen molar-refractivity contribution in [2.24, 2.45) is 5.11 Å². The average Bonchev–Trinajstić information content (AvgIpc) is 2.52. The van der Waals surface area contributed by atoms with E-state index in [1.807, 2.05) is 0 Å². The predicted octanol–water partition coefficient (Wildman–Crippen LogP) is 2.14. The highest BCUT2D eigenvalue weighted by Gasteiger charge is 2.20. The molecule has 0 aliphatic carbocycles. The standard InChI is InChI=1S/C13H18N4O4/c1-19-10-6-5-9(11(20-2)12(10)21-3)13(18)15-7-4-8-16-17-14/h5-6H,4,7-8H2,1-3H3,(H,15,18). The molecule has 0 aromatic heterocycles. The van der Waals surface area contributed by atoms with E-state index in [4.69, 9.17) is 19.7 Å². The van der Waals surface area contributed by atoms with Crippen LogP contribution in [0, 0.1) is 0 Å². The Balaban J connectivity index is 2.86. The molecular formula is C13H18N4O4. The van der Waals surface area contributed by atoms with E-state index in [0.29, 0.717) is 42.3 Å². The molecule has 1 amide bonds. The summed E-state index contributed by atoms with van der Waals surface area (Å²) in [7, 11) is 4.43. The molecule has 0 saturated carbocycles. The Labute approximate surface area is 122 Å². The highest BCUT2D eigenvalue weighted by Crippen LogP contribution is 2.39. The molecule has 0 aliphatic heterocycles. The van der Waals surface area contributed by atoms with Gasteiger partial charge < -0.3 is 19.5 Å². The summed E-state index contributed by atoms with van der Waals surface area (Å²) >= 11 is 0. The highest BCUT2D eigenvalue weighted by molar-refractivity contribution is 5.98. The molecule has 0 spiro atoms. The smallest absolute Gasteiger partial charge is 0.255 e. The number of benzene rings is 1. The van der Waals surface area contributed by atoms with E-state index in [9.17, 15) is 4.79 Å². The molecule has 0 heterocycles. The van der Waals surface area contributed by atoms with Gasteiger partial charge in [0.25, 0.3) is 5.91 Å². The van der Waals surface area contributed by atoms with Crippen molar-refractivity contribution in [3.05, 3.63) is 28.1 Å². The number of methoxy groups -OCH3 is 3. The zero-order valence-electron chi connectivity index (χ0n) is 12.3. The topological polar surface area (TPSA) is 106 Å². The maximum atomic E-state index is 12.1. The van der Waals surface area contributed by atoms with E-state index in [1.54, 1.807) is 12.1 Å². The van der Waals surface area contributed by atoms with Gasteiger partial charge in [-0.3, -0.25) is 4.79 Å². The van der Waals surface area contributed by atoms with Crippen molar-refractivity contribution in [1.82, 2.24) is 5.32 Å². The van der Waals surface area contributed by atoms with Gasteiger partial charge in [0.15, 0.2) is 11.5 Å². The minimum absolute atomic E-state index is 0.297. The predicted molar refractivity (Wildman–Crippen MR) is 77.1 cm³/mol. The summed E-state index contributed by atoms with van der Waals surface area (Å²) < 4.78 is 15.6. The van der Waals surface area contributed by atoms with Crippen LogP contribution in [0.3, 0.4) is 0 Å². The fourth-order valence-electron chi connectivity index (χ4n) is 1.77. The fourth-order valence-corrected chi connectivity index (χ4v) is 1.77. The van der Waals surface area contributed by atoms with Crippen LogP contribution in [0.4, 0.5) is 0 Å². The van der Waals surface area contributed by atoms with Gasteiger partial charge in [-0.05, 0) is 24.1 Å². The summed E-state index contributed by atoms with van der Waals surface area (Å²) in [5, 5.41) is 6.12. The number of nitrogens with zero attached hydrogens (tertiary/aromatic N) is 3. The Kier molecular flexibility index (Phi) is 6.70. The van der Waals surface area contributed by atoms with Gasteiger partial charge in [-0.25, -0.2) is 0 Å². The minimum atomic E-state index is -0.297. The van der Waals surface area contributed by atoms with Gasteiger partial charge in [-0.2, -0.15) is 0 Å². The molecule has 0 radical (unpaired) electrons. The molecular weight excluding hydrogens is 276 g/mol. The largest absolute Gasteiger partial charge is 0.493 e. The lowest BCUT2D eigenvalue weighted by molar-refractivity contribution is 0.0949. The fraction of sp³-hybridized carbons (Fsp3) is 0.462. The Morgan fingerprint density at radius 3 is 2.52 bits per heavy atom. The normalized spacial score (nSPS) is 9.48. The molecule has 114 valence electrons. The molecule has 0 saturated heterocycles. The zero-order chi connectivity index (χ0) is 15.7. The van der Waals surface area contributed by atoms with E-state index < -0.39 is 0 Å². The first kappa shape index (κ1) is 16.5. The van der Waals surface area contributed by atoms with Gasteiger partial charge in [-0.1, -0.05) is 5.11 Å². The monoisotopic (exact) mass is 294 g/mol. The molecule has 1 aromatic rings. The number of hydrogen-bond donors (Lipinski definition) is 1. The summed E-state index contributed by atoms with van der Waals surface area (Å²) in [4.78, 5) is 14.8. The Morgan fingerprint density at radius 1 is 1.24 bits per heavy atom. The molecule has 0 atom stereocenters. The molecule has 0 aliphatic rings. The zero-order valence-corrected chi connectivity index (χ0v) is 12.3. The van der Waals surface area contributed by atoms with Crippen molar-refractivity contribution >= 4 is 5.91 Å². The molecule has 1 N–H and O–H groups in total. The second-order valence-corrected chi connectivity index (χ2v) is 3.95. The molecule has 1 rings (SSSR count). The van der Waals surface area contributed by atoms with Crippen LogP contribution in [0.25, 0.3) is 10.4 Å². The van der Waals surface area contributed by atoms with Gasteiger partial charge in [0.1, 0.15) is 0 Å². The van der Waals surface area contributed by atoms with E-state index in [-0.39, 0.29) is 5.91 Å².